The summed E-state index contributed by atoms with van der Waals surface area (Å²) in [5, 5.41) is 1.17. The fraction of sp³-hybridized carbons (Fsp3) is 0.269. The van der Waals surface area contributed by atoms with Gasteiger partial charge in [0.15, 0.2) is 0 Å². The van der Waals surface area contributed by atoms with Crippen LogP contribution in [0.2, 0.25) is 0 Å². The second kappa shape index (κ2) is 9.62. The highest BCUT2D eigenvalue weighted by Gasteiger charge is 2.27. The molecule has 0 bridgehead atoms. The Hall–Kier alpha value is -3.92. The number of amides is 1. The van der Waals surface area contributed by atoms with E-state index >= 15 is 0 Å². The lowest BCUT2D eigenvalue weighted by molar-refractivity contribution is -0.134. The molecule has 5 rings (SSSR count). The number of anilines is 2. The van der Waals surface area contributed by atoms with Crippen LogP contribution in [0.4, 0.5) is 11.5 Å². The summed E-state index contributed by atoms with van der Waals surface area (Å²) in [4.78, 5) is 25.2. The van der Waals surface area contributed by atoms with Gasteiger partial charge in [0.2, 0.25) is 5.91 Å². The molecule has 9 nitrogen and oxygen atoms in total. The third kappa shape index (κ3) is 4.64. The van der Waals surface area contributed by atoms with E-state index in [0.717, 1.165) is 16.8 Å². The Balaban J connectivity index is 0.00000320. The minimum atomic E-state index is -3.74. The Bertz CT molecular complexity index is 1480. The van der Waals surface area contributed by atoms with E-state index in [4.69, 9.17) is 0 Å². The fourth-order valence-electron chi connectivity index (χ4n) is 4.65. The Morgan fingerprint density at radius 3 is 2.44 bits per heavy atom. The first kappa shape index (κ1) is 23.8. The largest absolute Gasteiger partial charge is 0.368 e. The number of para-hydroxylation sites is 1. The quantitative estimate of drug-likeness (QED) is 0.428. The molecule has 0 radical (unpaired) electrons. The zero-order valence-corrected chi connectivity index (χ0v) is 21.0. The van der Waals surface area contributed by atoms with Crippen LogP contribution in [-0.4, -0.2) is 59.9 Å². The second-order valence-corrected chi connectivity index (χ2v) is 10.6. The molecule has 0 spiro atoms. The van der Waals surface area contributed by atoms with E-state index in [-0.39, 0.29) is 24.1 Å². The first-order valence-electron chi connectivity index (χ1n) is 11.8. The Morgan fingerprint density at radius 2 is 1.75 bits per heavy atom. The van der Waals surface area contributed by atoms with Crippen molar-refractivity contribution < 1.29 is 14.6 Å². The molecule has 10 heteroatoms. The van der Waals surface area contributed by atoms with Gasteiger partial charge in [0.05, 0.1) is 4.90 Å². The molecule has 0 aliphatic carbocycles. The van der Waals surface area contributed by atoms with E-state index in [1.807, 2.05) is 24.0 Å². The number of hydrogen-bond acceptors (Lipinski definition) is 6. The summed E-state index contributed by atoms with van der Waals surface area (Å²) in [7, 11) is -3.74. The minimum absolute atomic E-state index is 0. The maximum absolute atomic E-state index is 13.3. The highest BCUT2D eigenvalue weighted by Crippen LogP contribution is 2.26. The minimum Gasteiger partial charge on any atom is -0.368 e. The van der Waals surface area contributed by atoms with Crippen molar-refractivity contribution in [3.63, 3.8) is 0 Å². The number of fused-ring (bicyclic) bond motifs is 1. The first-order valence-corrected chi connectivity index (χ1v) is 13.3. The van der Waals surface area contributed by atoms with Crippen molar-refractivity contribution in [2.75, 3.05) is 35.8 Å². The van der Waals surface area contributed by atoms with E-state index in [1.54, 1.807) is 24.3 Å². The zero-order chi connectivity index (χ0) is 25.3. The molecule has 1 saturated heterocycles. The van der Waals surface area contributed by atoms with Gasteiger partial charge in [-0.05, 0) is 55.8 Å². The van der Waals surface area contributed by atoms with Gasteiger partial charge in [0, 0.05) is 56.6 Å². The van der Waals surface area contributed by atoms with Crippen LogP contribution in [0.25, 0.3) is 10.9 Å². The van der Waals surface area contributed by atoms with Gasteiger partial charge in [0.1, 0.15) is 18.2 Å². The Kier molecular flexibility index (Phi) is 6.36. The smallest absolute Gasteiger partial charge is 0.263 e. The van der Waals surface area contributed by atoms with Crippen LogP contribution >= 0.6 is 0 Å². The lowest BCUT2D eigenvalue weighted by Gasteiger charge is -2.37. The molecule has 1 aliphatic heterocycles. The van der Waals surface area contributed by atoms with Gasteiger partial charge in [-0.3, -0.25) is 9.52 Å². The first-order chi connectivity index (χ1) is 17.3. The molecule has 1 aliphatic rings. The second-order valence-electron chi connectivity index (χ2n) is 8.92. The SMILES string of the molecule is Cc1cn(C(C)C(=O)N2CCN(c3ccc(S(=O)(=O)Nc4ccncn4)cc3)CC2)c2ccccc12.[HH]. The number of aryl methyl sites for hydroxylation is 1. The number of nitrogens with one attached hydrogen (secondary N) is 1. The van der Waals surface area contributed by atoms with Crippen molar-refractivity contribution in [1.29, 1.82) is 0 Å². The topological polar surface area (TPSA) is 100 Å². The van der Waals surface area contributed by atoms with Crippen LogP contribution in [0.15, 0.2) is 78.2 Å². The number of nitrogens with zero attached hydrogens (tertiary/aromatic N) is 5. The Labute approximate surface area is 211 Å². The fourth-order valence-corrected chi connectivity index (χ4v) is 5.66. The highest BCUT2D eigenvalue weighted by molar-refractivity contribution is 7.92. The number of benzene rings is 2. The van der Waals surface area contributed by atoms with Crippen molar-refractivity contribution in [3.8, 4) is 0 Å². The van der Waals surface area contributed by atoms with Gasteiger partial charge >= 0.3 is 0 Å². The number of sulfonamides is 1. The van der Waals surface area contributed by atoms with Gasteiger partial charge in [-0.25, -0.2) is 18.4 Å². The molecule has 1 unspecified atom stereocenters. The molecule has 4 aromatic rings. The summed E-state index contributed by atoms with van der Waals surface area (Å²) in [5.74, 6) is 0.319. The summed E-state index contributed by atoms with van der Waals surface area (Å²) < 4.78 is 29.8. The molecular weight excluding hydrogens is 476 g/mol. The average Bonchev–Trinajstić information content (AvgIpc) is 3.25. The van der Waals surface area contributed by atoms with Crippen LogP contribution in [0, 0.1) is 6.92 Å². The number of carbonyl (C=O) groups is 1. The van der Waals surface area contributed by atoms with Gasteiger partial charge in [-0.1, -0.05) is 18.2 Å². The number of hydrogen-bond donors (Lipinski definition) is 1. The van der Waals surface area contributed by atoms with Crippen molar-refractivity contribution in [2.45, 2.75) is 24.8 Å². The summed E-state index contributed by atoms with van der Waals surface area (Å²) in [6.07, 6.45) is 4.81. The Morgan fingerprint density at radius 1 is 1.03 bits per heavy atom. The standard InChI is InChI=1S/C26H28N6O3S.H2/c1-19-17-32(24-6-4-3-5-23(19)24)20(2)26(33)31-15-13-30(14-16-31)21-7-9-22(10-8-21)36(34,35)29-25-11-12-27-18-28-25;/h3-12,17-18,20H,13-16H2,1-2H3,(H,27,28,29);1H. The van der Waals surface area contributed by atoms with Gasteiger partial charge in [-0.15, -0.1) is 0 Å². The third-order valence-corrected chi connectivity index (χ3v) is 8.01. The number of piperazine rings is 1. The van der Waals surface area contributed by atoms with E-state index in [2.05, 4.69) is 49.4 Å². The molecule has 3 heterocycles. The monoisotopic (exact) mass is 506 g/mol. The molecule has 188 valence electrons. The van der Waals surface area contributed by atoms with Crippen LogP contribution in [-0.2, 0) is 14.8 Å². The zero-order valence-electron chi connectivity index (χ0n) is 20.2. The predicted molar refractivity (Wildman–Crippen MR) is 142 cm³/mol. The van der Waals surface area contributed by atoms with E-state index < -0.39 is 10.0 Å². The molecule has 1 N–H and O–H groups in total. The average molecular weight is 507 g/mol. The lowest BCUT2D eigenvalue weighted by Crippen LogP contribution is -2.50. The maximum atomic E-state index is 13.3. The van der Waals surface area contributed by atoms with Crippen LogP contribution < -0.4 is 9.62 Å². The van der Waals surface area contributed by atoms with Crippen molar-refractivity contribution in [1.82, 2.24) is 19.4 Å². The normalized spacial score (nSPS) is 15.2. The number of aromatic nitrogens is 3. The van der Waals surface area contributed by atoms with Gasteiger partial charge < -0.3 is 14.4 Å². The van der Waals surface area contributed by atoms with Crippen LogP contribution in [0.1, 0.15) is 20.0 Å². The van der Waals surface area contributed by atoms with E-state index in [9.17, 15) is 13.2 Å². The summed E-state index contributed by atoms with van der Waals surface area (Å²) >= 11 is 0. The molecular formula is C26H30N6O3S. The van der Waals surface area contributed by atoms with Crippen LogP contribution in [0.5, 0.6) is 0 Å². The van der Waals surface area contributed by atoms with Gasteiger partial charge in [0.25, 0.3) is 10.0 Å². The van der Waals surface area contributed by atoms with Crippen molar-refractivity contribution >= 4 is 38.3 Å². The van der Waals surface area contributed by atoms with Crippen LogP contribution in [0.3, 0.4) is 0 Å². The summed E-state index contributed by atoms with van der Waals surface area (Å²) in [6, 6.07) is 16.1. The number of rotatable bonds is 6. The predicted octanol–water partition coefficient (Wildman–Crippen LogP) is 3.70. The molecule has 2 aromatic carbocycles. The third-order valence-electron chi connectivity index (χ3n) is 6.64. The molecule has 1 fully saturated rings. The molecule has 1 amide bonds. The van der Waals surface area contributed by atoms with Gasteiger partial charge in [-0.2, -0.15) is 0 Å². The maximum Gasteiger partial charge on any atom is 0.263 e. The summed E-state index contributed by atoms with van der Waals surface area (Å²) in [6.45, 7) is 6.59. The molecule has 36 heavy (non-hydrogen) atoms. The summed E-state index contributed by atoms with van der Waals surface area (Å²) in [5.41, 5.74) is 3.15. The lowest BCUT2D eigenvalue weighted by atomic mass is 10.2. The van der Waals surface area contributed by atoms with Crippen molar-refractivity contribution in [2.24, 2.45) is 0 Å². The number of carbonyl (C=O) groups excluding carboxylic acids is 1. The molecule has 2 aromatic heterocycles. The molecule has 1 atom stereocenters. The van der Waals surface area contributed by atoms with E-state index in [0.29, 0.717) is 26.2 Å². The van der Waals surface area contributed by atoms with Crippen molar-refractivity contribution in [3.05, 3.63) is 78.9 Å². The highest BCUT2D eigenvalue weighted by atomic mass is 32.2. The van der Waals surface area contributed by atoms with E-state index in [1.165, 1.54) is 24.0 Å². The molecule has 0 saturated carbocycles.